The predicted molar refractivity (Wildman–Crippen MR) is 152 cm³/mol. The van der Waals surface area contributed by atoms with Gasteiger partial charge in [0, 0.05) is 17.4 Å². The molecule has 5 atom stereocenters. The Morgan fingerprint density at radius 1 is 0.905 bits per heavy atom. The number of carbonyl (C=O) groups is 5. The molecule has 2 saturated carbocycles. The second kappa shape index (κ2) is 12.2. The lowest BCUT2D eigenvalue weighted by Crippen LogP contribution is -2.58. The summed E-state index contributed by atoms with van der Waals surface area (Å²) in [5, 5.41) is 2.77. The maximum absolute atomic E-state index is 13.7. The van der Waals surface area contributed by atoms with Gasteiger partial charge in [0.1, 0.15) is 11.1 Å². The Labute approximate surface area is 249 Å². The smallest absolute Gasteiger partial charge is 0.408 e. The van der Waals surface area contributed by atoms with Crippen LogP contribution >= 0.6 is 11.8 Å². The molecule has 0 unspecified atom stereocenters. The molecule has 0 aromatic rings. The average molecular weight is 612 g/mol. The van der Waals surface area contributed by atoms with Gasteiger partial charge in [0.05, 0.1) is 23.3 Å². The second-order valence-electron chi connectivity index (χ2n) is 13.5. The van der Waals surface area contributed by atoms with Gasteiger partial charge >= 0.3 is 30.0 Å². The van der Waals surface area contributed by atoms with Crippen molar-refractivity contribution in [3.8, 4) is 0 Å². The van der Waals surface area contributed by atoms with E-state index in [-0.39, 0.29) is 6.42 Å². The molecule has 3 rings (SSSR count). The van der Waals surface area contributed by atoms with Crippen LogP contribution in [0.3, 0.4) is 0 Å². The van der Waals surface area contributed by atoms with Crippen molar-refractivity contribution in [1.29, 1.82) is 0 Å². The molecule has 0 radical (unpaired) electrons. The van der Waals surface area contributed by atoms with Crippen molar-refractivity contribution in [2.24, 2.45) is 38.6 Å². The number of nitrogens with zero attached hydrogens (tertiary/aromatic N) is 2. The first-order valence-corrected chi connectivity index (χ1v) is 14.6. The van der Waals surface area contributed by atoms with Gasteiger partial charge in [-0.05, 0) is 74.7 Å². The molecule has 0 bridgehead atoms. The molecule has 234 valence electrons. The molecule has 3 aliphatic rings. The van der Waals surface area contributed by atoms with E-state index < -0.39 is 88.5 Å². The molecule has 2 aliphatic carbocycles. The Balaban J connectivity index is 1.86. The Kier molecular flexibility index (Phi) is 9.70. The summed E-state index contributed by atoms with van der Waals surface area (Å²) in [7, 11) is 0. The highest BCUT2D eigenvalue weighted by Crippen LogP contribution is 2.66. The highest BCUT2D eigenvalue weighted by atomic mass is 32.2. The van der Waals surface area contributed by atoms with Crippen molar-refractivity contribution in [3.63, 3.8) is 0 Å². The van der Waals surface area contributed by atoms with Gasteiger partial charge in [-0.3, -0.25) is 19.4 Å². The fourth-order valence-corrected chi connectivity index (χ4v) is 6.15. The molecule has 13 nitrogen and oxygen atoms in total. The Morgan fingerprint density at radius 3 is 1.98 bits per heavy atom. The van der Waals surface area contributed by atoms with Gasteiger partial charge in [-0.1, -0.05) is 11.8 Å². The molecular formula is C28H41N3O10S. The zero-order valence-corrected chi connectivity index (χ0v) is 26.4. The summed E-state index contributed by atoms with van der Waals surface area (Å²) in [6.07, 6.45) is 0.821. The lowest BCUT2D eigenvalue weighted by Gasteiger charge is -2.33. The van der Waals surface area contributed by atoms with Crippen LogP contribution in [0.25, 0.3) is 0 Å². The van der Waals surface area contributed by atoms with Crippen molar-refractivity contribution < 1.29 is 47.7 Å². The number of ether oxygens (including phenoxy) is 5. The third kappa shape index (κ3) is 8.01. The number of aliphatic imine (C=N–C) groups is 2. The third-order valence-corrected chi connectivity index (χ3v) is 7.95. The minimum absolute atomic E-state index is 0.0651. The normalized spacial score (nSPS) is 26.5. The first kappa shape index (κ1) is 33.3. The van der Waals surface area contributed by atoms with Gasteiger partial charge < -0.3 is 29.0 Å². The van der Waals surface area contributed by atoms with E-state index in [0.29, 0.717) is 11.7 Å². The van der Waals surface area contributed by atoms with Crippen molar-refractivity contribution in [2.75, 3.05) is 20.1 Å². The van der Waals surface area contributed by atoms with E-state index in [1.165, 1.54) is 11.8 Å². The molecule has 1 N–H and O–H groups in total. The van der Waals surface area contributed by atoms with Gasteiger partial charge in [0.15, 0.2) is 5.17 Å². The number of esters is 4. The zero-order chi connectivity index (χ0) is 31.7. The number of rotatable bonds is 8. The molecule has 14 heteroatoms. The van der Waals surface area contributed by atoms with Crippen molar-refractivity contribution in [2.45, 2.75) is 85.1 Å². The molecular weight excluding hydrogens is 570 g/mol. The van der Waals surface area contributed by atoms with Crippen molar-refractivity contribution in [3.05, 3.63) is 0 Å². The van der Waals surface area contributed by atoms with Crippen molar-refractivity contribution in [1.82, 2.24) is 5.32 Å². The summed E-state index contributed by atoms with van der Waals surface area (Å²) in [6.45, 7) is 14.1. The minimum Gasteiger partial charge on any atom is -0.444 e. The summed E-state index contributed by atoms with van der Waals surface area (Å²) in [4.78, 5) is 72.8. The van der Waals surface area contributed by atoms with Crippen LogP contribution in [0.1, 0.15) is 68.7 Å². The third-order valence-electron chi connectivity index (χ3n) is 6.72. The van der Waals surface area contributed by atoms with Crippen LogP contribution in [-0.4, -0.2) is 77.9 Å². The monoisotopic (exact) mass is 611 g/mol. The lowest BCUT2D eigenvalue weighted by atomic mass is 9.90. The number of alkyl carbamates (subject to hydrolysis) is 1. The van der Waals surface area contributed by atoms with E-state index in [2.05, 4.69) is 15.3 Å². The maximum atomic E-state index is 13.7. The summed E-state index contributed by atoms with van der Waals surface area (Å²) in [5.41, 5.74) is -4.22. The molecule has 1 aliphatic heterocycles. The lowest BCUT2D eigenvalue weighted by molar-refractivity contribution is -0.177. The summed E-state index contributed by atoms with van der Waals surface area (Å²) in [6, 6.07) is 0. The number of amidine groups is 1. The maximum Gasteiger partial charge on any atom is 0.408 e. The minimum atomic E-state index is -1.71. The molecule has 0 aromatic carbocycles. The number of hydrogen-bond acceptors (Lipinski definition) is 13. The number of nitrogens with one attached hydrogen (secondary N) is 1. The van der Waals surface area contributed by atoms with E-state index in [1.54, 1.807) is 68.5 Å². The van der Waals surface area contributed by atoms with Crippen LogP contribution in [0, 0.1) is 28.6 Å². The standard InChI is InChI=1S/C28H41N3O10S/c1-25(2,3)20(33)38-13-37-19(32)17-16-15(42-23-29-10-11-30-23)12-28(18(16)17,31-24(36)41-27(7,8)9)22(35)40-14-39-21(34)26(4,5)6/h10,15-18H,11-14H2,1-9H3,(H,31,36)/t15-,16-,17-,18-,28-/m0/s1. The number of thioether (sulfide) groups is 1. The Morgan fingerprint density at radius 2 is 1.48 bits per heavy atom. The molecule has 2 fully saturated rings. The fourth-order valence-electron chi connectivity index (χ4n) is 4.75. The number of fused-ring (bicyclic) bond motifs is 1. The quantitative estimate of drug-likeness (QED) is 0.243. The molecule has 1 amide bonds. The first-order valence-electron chi connectivity index (χ1n) is 13.7. The van der Waals surface area contributed by atoms with Crippen molar-refractivity contribution >= 4 is 53.1 Å². The average Bonchev–Trinajstić information content (AvgIpc) is 3.23. The zero-order valence-electron chi connectivity index (χ0n) is 25.6. The Hall–Kier alpha value is -3.16. The van der Waals surface area contributed by atoms with Crippen LogP contribution in [0.5, 0.6) is 0 Å². The largest absolute Gasteiger partial charge is 0.444 e. The fraction of sp³-hybridized carbons (Fsp3) is 0.750. The summed E-state index contributed by atoms with van der Waals surface area (Å²) in [5.74, 6) is -4.74. The second-order valence-corrected chi connectivity index (χ2v) is 14.7. The predicted octanol–water partition coefficient (Wildman–Crippen LogP) is 3.24. The molecule has 0 aromatic heterocycles. The molecule has 0 saturated heterocycles. The van der Waals surface area contributed by atoms with Crippen LogP contribution in [0.2, 0.25) is 0 Å². The number of carbonyl (C=O) groups excluding carboxylic acids is 5. The summed E-state index contributed by atoms with van der Waals surface area (Å²) >= 11 is 1.28. The van der Waals surface area contributed by atoms with Gasteiger partial charge in [-0.2, -0.15) is 0 Å². The van der Waals surface area contributed by atoms with Gasteiger partial charge in [-0.25, -0.2) is 14.6 Å². The molecule has 0 spiro atoms. The summed E-state index contributed by atoms with van der Waals surface area (Å²) < 4.78 is 26.3. The van der Waals surface area contributed by atoms with Crippen LogP contribution in [0.15, 0.2) is 9.98 Å². The highest BCUT2D eigenvalue weighted by molar-refractivity contribution is 8.14. The topological polar surface area (TPSA) is 168 Å². The Bertz CT molecular complexity index is 1160. The van der Waals surface area contributed by atoms with Gasteiger partial charge in [0.2, 0.25) is 13.6 Å². The first-order chi connectivity index (χ1) is 19.3. The van der Waals surface area contributed by atoms with E-state index in [9.17, 15) is 24.0 Å². The molecule has 42 heavy (non-hydrogen) atoms. The van der Waals surface area contributed by atoms with E-state index in [4.69, 9.17) is 23.7 Å². The number of amides is 1. The van der Waals surface area contributed by atoms with E-state index >= 15 is 0 Å². The van der Waals surface area contributed by atoms with Crippen LogP contribution in [-0.2, 0) is 42.9 Å². The molecule has 1 heterocycles. The van der Waals surface area contributed by atoms with Gasteiger partial charge in [-0.15, -0.1) is 0 Å². The van der Waals surface area contributed by atoms with Gasteiger partial charge in [0.25, 0.3) is 0 Å². The van der Waals surface area contributed by atoms with Crippen LogP contribution < -0.4 is 5.32 Å². The van der Waals surface area contributed by atoms with E-state index in [0.717, 1.165) is 0 Å². The SMILES string of the molecule is CC(C)(C)OC(=O)N[C@@]1(C(=O)OCOC(=O)C(C)(C)C)C[C@H](SC2=NCC=N2)[C@H]2[C@H](C(=O)OCOC(=O)C(C)(C)C)[C@H]21. The van der Waals surface area contributed by atoms with Crippen LogP contribution in [0.4, 0.5) is 4.79 Å². The highest BCUT2D eigenvalue weighted by Gasteiger charge is 2.76. The number of hydrogen-bond donors (Lipinski definition) is 1. The van der Waals surface area contributed by atoms with E-state index in [1.807, 2.05) is 0 Å².